The van der Waals surface area contributed by atoms with E-state index in [1.54, 1.807) is 12.1 Å². The zero-order valence-corrected chi connectivity index (χ0v) is 12.3. The Bertz CT molecular complexity index is 626. The fourth-order valence-electron chi connectivity index (χ4n) is 1.91. The van der Waals surface area contributed by atoms with E-state index in [9.17, 15) is 4.79 Å². The average Bonchev–Trinajstić information content (AvgIpc) is 2.88. The standard InChI is InChI=1S/C17H19NO3/c1-4-20-15-8-6-14(7-9-15)18-12(2)11-16(19)17-10-5-13(3)21-17/h5-10,18H,2,4,11H2,1,3H3. The number of anilines is 1. The highest BCUT2D eigenvalue weighted by Crippen LogP contribution is 2.18. The number of rotatable bonds is 7. The number of ketones is 1. The van der Waals surface area contributed by atoms with Gasteiger partial charge in [-0.1, -0.05) is 6.58 Å². The second kappa shape index (κ2) is 6.79. The van der Waals surface area contributed by atoms with Gasteiger partial charge in [0, 0.05) is 11.4 Å². The topological polar surface area (TPSA) is 51.5 Å². The summed E-state index contributed by atoms with van der Waals surface area (Å²) in [5, 5.41) is 3.11. The number of Topliss-reactive ketones (excluding diaryl/α,β-unsaturated/α-hetero) is 1. The van der Waals surface area contributed by atoms with E-state index in [-0.39, 0.29) is 12.2 Å². The summed E-state index contributed by atoms with van der Waals surface area (Å²) >= 11 is 0. The Morgan fingerprint density at radius 2 is 1.95 bits per heavy atom. The smallest absolute Gasteiger partial charge is 0.203 e. The molecule has 21 heavy (non-hydrogen) atoms. The fraction of sp³-hybridized carbons (Fsp3) is 0.235. The number of nitrogens with one attached hydrogen (secondary N) is 1. The molecule has 0 aliphatic heterocycles. The zero-order valence-electron chi connectivity index (χ0n) is 12.3. The van der Waals surface area contributed by atoms with Gasteiger partial charge in [-0.3, -0.25) is 4.79 Å². The third-order valence-electron chi connectivity index (χ3n) is 2.88. The number of ether oxygens (including phenoxy) is 1. The van der Waals surface area contributed by atoms with Crippen LogP contribution in [0.1, 0.15) is 29.7 Å². The van der Waals surface area contributed by atoms with Crippen LogP contribution in [0.5, 0.6) is 5.75 Å². The van der Waals surface area contributed by atoms with Gasteiger partial charge < -0.3 is 14.5 Å². The molecule has 1 aromatic carbocycles. The summed E-state index contributed by atoms with van der Waals surface area (Å²) in [4.78, 5) is 12.0. The van der Waals surface area contributed by atoms with Crippen molar-refractivity contribution in [3.8, 4) is 5.75 Å². The van der Waals surface area contributed by atoms with Crippen molar-refractivity contribution in [1.82, 2.24) is 0 Å². The maximum absolute atomic E-state index is 12.0. The van der Waals surface area contributed by atoms with Gasteiger partial charge in [0.25, 0.3) is 0 Å². The summed E-state index contributed by atoms with van der Waals surface area (Å²) in [7, 11) is 0. The van der Waals surface area contributed by atoms with E-state index in [2.05, 4.69) is 11.9 Å². The van der Waals surface area contributed by atoms with Crippen LogP contribution < -0.4 is 10.1 Å². The molecule has 0 radical (unpaired) electrons. The zero-order chi connectivity index (χ0) is 15.2. The third kappa shape index (κ3) is 4.24. The molecule has 110 valence electrons. The third-order valence-corrected chi connectivity index (χ3v) is 2.88. The summed E-state index contributed by atoms with van der Waals surface area (Å²) in [5.41, 5.74) is 1.49. The molecule has 1 aromatic heterocycles. The van der Waals surface area contributed by atoms with Gasteiger partial charge in [0.2, 0.25) is 5.78 Å². The first-order valence-corrected chi connectivity index (χ1v) is 6.85. The van der Waals surface area contributed by atoms with Crippen LogP contribution in [0.2, 0.25) is 0 Å². The van der Waals surface area contributed by atoms with Crippen LogP contribution in [-0.2, 0) is 0 Å². The number of aryl methyl sites for hydroxylation is 1. The van der Waals surface area contributed by atoms with Gasteiger partial charge in [0.15, 0.2) is 5.76 Å². The predicted octanol–water partition coefficient (Wildman–Crippen LogP) is 4.19. The summed E-state index contributed by atoms with van der Waals surface area (Å²) < 4.78 is 10.7. The van der Waals surface area contributed by atoms with Gasteiger partial charge >= 0.3 is 0 Å². The van der Waals surface area contributed by atoms with Gasteiger partial charge in [-0.2, -0.15) is 0 Å². The van der Waals surface area contributed by atoms with Gasteiger partial charge in [-0.15, -0.1) is 0 Å². The van der Waals surface area contributed by atoms with E-state index in [0.29, 0.717) is 18.1 Å². The Labute approximate surface area is 124 Å². The largest absolute Gasteiger partial charge is 0.494 e. The first kappa shape index (κ1) is 14.9. The molecule has 0 aliphatic rings. The molecule has 1 heterocycles. The van der Waals surface area contributed by atoms with Crippen LogP contribution in [0.3, 0.4) is 0 Å². The lowest BCUT2D eigenvalue weighted by atomic mass is 10.2. The predicted molar refractivity (Wildman–Crippen MR) is 82.8 cm³/mol. The molecule has 0 bridgehead atoms. The number of benzene rings is 1. The van der Waals surface area contributed by atoms with Gasteiger partial charge in [0.05, 0.1) is 13.0 Å². The van der Waals surface area contributed by atoms with Gasteiger partial charge in [-0.05, 0) is 50.2 Å². The number of carbonyl (C=O) groups excluding carboxylic acids is 1. The Balaban J connectivity index is 1.90. The lowest BCUT2D eigenvalue weighted by Gasteiger charge is -2.09. The average molecular weight is 285 g/mol. The highest BCUT2D eigenvalue weighted by Gasteiger charge is 2.11. The van der Waals surface area contributed by atoms with Crippen LogP contribution in [0.4, 0.5) is 5.69 Å². The van der Waals surface area contributed by atoms with Crippen LogP contribution in [0, 0.1) is 6.92 Å². The number of allylic oxidation sites excluding steroid dienone is 1. The summed E-state index contributed by atoms with van der Waals surface area (Å²) in [5.74, 6) is 1.81. The Kier molecular flexibility index (Phi) is 4.82. The fourth-order valence-corrected chi connectivity index (χ4v) is 1.91. The van der Waals surface area contributed by atoms with Crippen LogP contribution in [-0.4, -0.2) is 12.4 Å². The van der Waals surface area contributed by atoms with Crippen molar-refractivity contribution in [3.05, 3.63) is 60.2 Å². The summed E-state index contributed by atoms with van der Waals surface area (Å²) in [6.45, 7) is 8.26. The molecule has 2 aromatic rings. The van der Waals surface area contributed by atoms with Crippen molar-refractivity contribution in [2.75, 3.05) is 11.9 Å². The van der Waals surface area contributed by atoms with Crippen molar-refractivity contribution >= 4 is 11.5 Å². The van der Waals surface area contributed by atoms with E-state index in [0.717, 1.165) is 17.2 Å². The Morgan fingerprint density at radius 1 is 1.24 bits per heavy atom. The van der Waals surface area contributed by atoms with Gasteiger partial charge in [-0.25, -0.2) is 0 Å². The van der Waals surface area contributed by atoms with Crippen LogP contribution >= 0.6 is 0 Å². The molecule has 0 saturated carbocycles. The normalized spacial score (nSPS) is 10.2. The van der Waals surface area contributed by atoms with Crippen molar-refractivity contribution in [2.24, 2.45) is 0 Å². The molecule has 0 unspecified atom stereocenters. The minimum Gasteiger partial charge on any atom is -0.494 e. The minimum atomic E-state index is -0.0912. The highest BCUT2D eigenvalue weighted by atomic mass is 16.5. The molecule has 4 heteroatoms. The van der Waals surface area contributed by atoms with Gasteiger partial charge in [0.1, 0.15) is 11.5 Å². The molecular weight excluding hydrogens is 266 g/mol. The number of carbonyl (C=O) groups is 1. The lowest BCUT2D eigenvalue weighted by Crippen LogP contribution is -2.05. The highest BCUT2D eigenvalue weighted by molar-refractivity contribution is 5.95. The van der Waals surface area contributed by atoms with E-state index in [4.69, 9.17) is 9.15 Å². The molecule has 2 rings (SSSR count). The second-order valence-electron chi connectivity index (χ2n) is 4.70. The van der Waals surface area contributed by atoms with Crippen LogP contribution in [0.25, 0.3) is 0 Å². The number of furan rings is 1. The Morgan fingerprint density at radius 3 is 2.52 bits per heavy atom. The molecule has 1 N–H and O–H groups in total. The maximum Gasteiger partial charge on any atom is 0.203 e. The SMILES string of the molecule is C=C(CC(=O)c1ccc(C)o1)Nc1ccc(OCC)cc1. The van der Waals surface area contributed by atoms with E-state index in [1.165, 1.54) is 0 Å². The van der Waals surface area contributed by atoms with E-state index < -0.39 is 0 Å². The molecule has 0 aliphatic carbocycles. The molecule has 4 nitrogen and oxygen atoms in total. The van der Waals surface area contributed by atoms with E-state index in [1.807, 2.05) is 38.1 Å². The molecular formula is C17H19NO3. The molecule has 0 fully saturated rings. The summed E-state index contributed by atoms with van der Waals surface area (Å²) in [6, 6.07) is 11.0. The molecule has 0 saturated heterocycles. The van der Waals surface area contributed by atoms with Crippen molar-refractivity contribution < 1.29 is 13.9 Å². The van der Waals surface area contributed by atoms with Crippen molar-refractivity contribution in [1.29, 1.82) is 0 Å². The molecule has 0 spiro atoms. The Hall–Kier alpha value is -2.49. The van der Waals surface area contributed by atoms with Crippen molar-refractivity contribution in [3.63, 3.8) is 0 Å². The van der Waals surface area contributed by atoms with E-state index >= 15 is 0 Å². The van der Waals surface area contributed by atoms with Crippen molar-refractivity contribution in [2.45, 2.75) is 20.3 Å². The second-order valence-corrected chi connectivity index (χ2v) is 4.70. The quantitative estimate of drug-likeness (QED) is 0.775. The van der Waals surface area contributed by atoms with Crippen LogP contribution in [0.15, 0.2) is 53.1 Å². The molecule has 0 atom stereocenters. The maximum atomic E-state index is 12.0. The first-order chi connectivity index (χ1) is 10.1. The number of hydrogen-bond donors (Lipinski definition) is 1. The lowest BCUT2D eigenvalue weighted by molar-refractivity contribution is 0.0965. The number of hydrogen-bond acceptors (Lipinski definition) is 4. The minimum absolute atomic E-state index is 0.0912. The monoisotopic (exact) mass is 285 g/mol. The first-order valence-electron chi connectivity index (χ1n) is 6.85. The molecule has 0 amide bonds. The summed E-state index contributed by atoms with van der Waals surface area (Å²) in [6.07, 6.45) is 0.195.